The number of aryl methyl sites for hydroxylation is 3. The van der Waals surface area contributed by atoms with Crippen molar-refractivity contribution in [2.24, 2.45) is 0 Å². The summed E-state index contributed by atoms with van der Waals surface area (Å²) in [4.78, 5) is 29.1. The third kappa shape index (κ3) is 6.70. The lowest BCUT2D eigenvalue weighted by atomic mass is 10.1. The molecule has 0 aliphatic rings. The van der Waals surface area contributed by atoms with Crippen molar-refractivity contribution in [1.29, 1.82) is 0 Å². The highest BCUT2D eigenvalue weighted by atomic mass is 32.2. The number of esters is 1. The van der Waals surface area contributed by atoms with E-state index in [4.69, 9.17) is 9.47 Å². The van der Waals surface area contributed by atoms with Crippen molar-refractivity contribution in [3.63, 3.8) is 0 Å². The van der Waals surface area contributed by atoms with Crippen molar-refractivity contribution in [3.8, 4) is 5.75 Å². The molecule has 0 aliphatic heterocycles. The Morgan fingerprint density at radius 2 is 2.03 bits per heavy atom. The number of thioether (sulfide) groups is 1. The van der Waals surface area contributed by atoms with E-state index in [2.05, 4.69) is 34.0 Å². The number of rotatable bonds is 11. The van der Waals surface area contributed by atoms with Crippen molar-refractivity contribution in [2.45, 2.75) is 52.4 Å². The third-order valence-corrected chi connectivity index (χ3v) is 7.07. The molecular formula is C24H29N5O4S2. The van der Waals surface area contributed by atoms with Gasteiger partial charge in [-0.25, -0.2) is 9.78 Å². The highest BCUT2D eigenvalue weighted by Crippen LogP contribution is 2.27. The fourth-order valence-electron chi connectivity index (χ4n) is 3.17. The van der Waals surface area contributed by atoms with E-state index in [1.807, 2.05) is 36.6 Å². The molecule has 1 unspecified atom stereocenters. The maximum Gasteiger partial charge on any atom is 0.350 e. The molecule has 3 rings (SSSR count). The average molecular weight is 516 g/mol. The quantitative estimate of drug-likeness (QED) is 0.218. The van der Waals surface area contributed by atoms with Gasteiger partial charge in [0.15, 0.2) is 22.2 Å². The average Bonchev–Trinajstić information content (AvgIpc) is 3.38. The monoisotopic (exact) mass is 515 g/mol. The number of benzene rings is 1. The van der Waals surface area contributed by atoms with Crippen molar-refractivity contribution in [2.75, 3.05) is 17.7 Å². The zero-order valence-corrected chi connectivity index (χ0v) is 22.1. The normalized spacial score (nSPS) is 11.7. The molecule has 1 amide bonds. The van der Waals surface area contributed by atoms with Crippen molar-refractivity contribution < 1.29 is 19.1 Å². The second-order valence-electron chi connectivity index (χ2n) is 7.74. The number of carbonyl (C=O) groups excluding carboxylic acids is 2. The van der Waals surface area contributed by atoms with Gasteiger partial charge >= 0.3 is 5.97 Å². The van der Waals surface area contributed by atoms with Crippen LogP contribution >= 0.6 is 23.1 Å². The zero-order valence-electron chi connectivity index (χ0n) is 20.5. The molecule has 3 aromatic rings. The summed E-state index contributed by atoms with van der Waals surface area (Å²) < 4.78 is 13.0. The fraction of sp³-hybridized carbons (Fsp3) is 0.375. The first-order valence-corrected chi connectivity index (χ1v) is 12.9. The topological polar surface area (TPSA) is 108 Å². The molecule has 0 aliphatic carbocycles. The van der Waals surface area contributed by atoms with E-state index >= 15 is 0 Å². The summed E-state index contributed by atoms with van der Waals surface area (Å²) >= 11 is 2.34. The largest absolute Gasteiger partial charge is 0.483 e. The van der Waals surface area contributed by atoms with Crippen LogP contribution in [0.4, 0.5) is 5.13 Å². The molecule has 11 heteroatoms. The lowest BCUT2D eigenvalue weighted by Crippen LogP contribution is -2.15. The molecule has 9 nitrogen and oxygen atoms in total. The molecule has 0 bridgehead atoms. The van der Waals surface area contributed by atoms with Crippen LogP contribution in [0.25, 0.3) is 0 Å². The van der Waals surface area contributed by atoms with E-state index in [-0.39, 0.29) is 24.4 Å². The Labute approximate surface area is 213 Å². The van der Waals surface area contributed by atoms with E-state index in [0.29, 0.717) is 33.2 Å². The fourth-order valence-corrected chi connectivity index (χ4v) is 4.80. The number of hydrogen-bond acceptors (Lipinski definition) is 9. The van der Waals surface area contributed by atoms with Crippen LogP contribution in [-0.2, 0) is 16.1 Å². The van der Waals surface area contributed by atoms with Crippen LogP contribution in [0, 0.1) is 20.8 Å². The standard InChI is InChI=1S/C24H29N5O4S2/c1-7-11-29-21(17(6)33-18-10-9-14(3)15(4)12-18)27-28-24(29)34-13-19(30)26-23-25-16(5)20(35-23)22(31)32-8-2/h7,9-10,12,17H,1,8,11,13H2,2-6H3,(H,25,26,30). The molecule has 0 saturated carbocycles. The Bertz CT molecular complexity index is 1220. The lowest BCUT2D eigenvalue weighted by Gasteiger charge is -2.16. The summed E-state index contributed by atoms with van der Waals surface area (Å²) in [5, 5.41) is 12.2. The maximum atomic E-state index is 12.5. The predicted molar refractivity (Wildman–Crippen MR) is 137 cm³/mol. The summed E-state index contributed by atoms with van der Waals surface area (Å²) in [6, 6.07) is 5.94. The molecule has 2 aromatic heterocycles. The summed E-state index contributed by atoms with van der Waals surface area (Å²) in [6.07, 6.45) is 1.39. The van der Waals surface area contributed by atoms with Gasteiger partial charge in [-0.2, -0.15) is 0 Å². The molecule has 1 atom stereocenters. The number of amides is 1. The van der Waals surface area contributed by atoms with Crippen molar-refractivity contribution in [1.82, 2.24) is 19.7 Å². The summed E-state index contributed by atoms with van der Waals surface area (Å²) in [7, 11) is 0. The first kappa shape index (κ1) is 26.4. The van der Waals surface area contributed by atoms with E-state index in [1.165, 1.54) is 17.3 Å². The van der Waals surface area contributed by atoms with Gasteiger partial charge in [-0.3, -0.25) is 9.36 Å². The summed E-state index contributed by atoms with van der Waals surface area (Å²) in [5.41, 5.74) is 2.86. The molecule has 0 spiro atoms. The van der Waals surface area contributed by atoms with Gasteiger partial charge in [-0.15, -0.1) is 16.8 Å². The molecule has 186 valence electrons. The van der Waals surface area contributed by atoms with Gasteiger partial charge in [0.1, 0.15) is 10.6 Å². The lowest BCUT2D eigenvalue weighted by molar-refractivity contribution is -0.113. The van der Waals surface area contributed by atoms with Crippen LogP contribution in [0.1, 0.15) is 52.3 Å². The molecule has 0 radical (unpaired) electrons. The minimum Gasteiger partial charge on any atom is -0.483 e. The molecular weight excluding hydrogens is 486 g/mol. The number of nitrogens with one attached hydrogen (secondary N) is 1. The highest BCUT2D eigenvalue weighted by Gasteiger charge is 2.21. The van der Waals surface area contributed by atoms with E-state index in [1.54, 1.807) is 19.9 Å². The Balaban J connectivity index is 1.65. The Morgan fingerprint density at radius 3 is 2.71 bits per heavy atom. The molecule has 2 heterocycles. The number of carbonyl (C=O) groups is 2. The van der Waals surface area contributed by atoms with Crippen LogP contribution in [0.2, 0.25) is 0 Å². The van der Waals surface area contributed by atoms with E-state index < -0.39 is 5.97 Å². The van der Waals surface area contributed by atoms with Gasteiger partial charge in [-0.05, 0) is 57.9 Å². The van der Waals surface area contributed by atoms with Gasteiger partial charge in [-0.1, -0.05) is 35.2 Å². The Kier molecular flexibility index (Phi) is 9.05. The van der Waals surface area contributed by atoms with Crippen LogP contribution in [0.5, 0.6) is 5.75 Å². The highest BCUT2D eigenvalue weighted by molar-refractivity contribution is 7.99. The number of thiazole rings is 1. The minimum absolute atomic E-state index is 0.0923. The molecule has 1 aromatic carbocycles. The third-order valence-electron chi connectivity index (χ3n) is 5.05. The van der Waals surface area contributed by atoms with Gasteiger partial charge in [0.2, 0.25) is 5.91 Å². The second-order valence-corrected chi connectivity index (χ2v) is 9.68. The smallest absolute Gasteiger partial charge is 0.350 e. The van der Waals surface area contributed by atoms with E-state index in [0.717, 1.165) is 22.6 Å². The second kappa shape index (κ2) is 12.0. The number of ether oxygens (including phenoxy) is 2. The minimum atomic E-state index is -0.445. The van der Waals surface area contributed by atoms with Gasteiger partial charge in [0.25, 0.3) is 0 Å². The SMILES string of the molecule is C=CCn1c(SCC(=O)Nc2nc(C)c(C(=O)OCC)s2)nnc1C(C)Oc1ccc(C)c(C)c1. The van der Waals surface area contributed by atoms with Gasteiger partial charge in [0, 0.05) is 6.54 Å². The molecule has 0 fully saturated rings. The molecule has 35 heavy (non-hydrogen) atoms. The number of nitrogens with zero attached hydrogens (tertiary/aromatic N) is 4. The van der Waals surface area contributed by atoms with Crippen LogP contribution < -0.4 is 10.1 Å². The van der Waals surface area contributed by atoms with E-state index in [9.17, 15) is 9.59 Å². The zero-order chi connectivity index (χ0) is 25.5. The molecule has 1 N–H and O–H groups in total. The Morgan fingerprint density at radius 1 is 1.26 bits per heavy atom. The Hall–Kier alpha value is -3.18. The maximum absolute atomic E-state index is 12.5. The van der Waals surface area contributed by atoms with Crippen LogP contribution in [0.15, 0.2) is 36.0 Å². The number of hydrogen-bond donors (Lipinski definition) is 1. The number of anilines is 1. The van der Waals surface area contributed by atoms with Crippen LogP contribution in [0.3, 0.4) is 0 Å². The van der Waals surface area contributed by atoms with Gasteiger partial charge in [0.05, 0.1) is 18.1 Å². The van der Waals surface area contributed by atoms with Crippen molar-refractivity contribution in [3.05, 3.63) is 58.4 Å². The first-order chi connectivity index (χ1) is 16.7. The summed E-state index contributed by atoms with van der Waals surface area (Å²) in [5.74, 6) is 0.770. The van der Waals surface area contributed by atoms with Crippen molar-refractivity contribution >= 4 is 40.1 Å². The predicted octanol–water partition coefficient (Wildman–Crippen LogP) is 4.89. The first-order valence-electron chi connectivity index (χ1n) is 11.1. The number of aromatic nitrogens is 4. The number of allylic oxidation sites excluding steroid dienone is 1. The summed E-state index contributed by atoms with van der Waals surface area (Å²) in [6.45, 7) is 14.0. The van der Waals surface area contributed by atoms with Crippen LogP contribution in [-0.4, -0.2) is 44.0 Å². The van der Waals surface area contributed by atoms with Gasteiger partial charge < -0.3 is 14.8 Å². The molecule has 0 saturated heterocycles.